The zero-order chi connectivity index (χ0) is 31.0. The molecule has 1 atom stereocenters. The molecule has 1 N–H and O–H groups in total. The number of halogens is 2. The van der Waals surface area contributed by atoms with Gasteiger partial charge in [-0.2, -0.15) is 0 Å². The van der Waals surface area contributed by atoms with E-state index in [-0.39, 0.29) is 39.5 Å². The van der Waals surface area contributed by atoms with Crippen molar-refractivity contribution in [1.29, 1.82) is 0 Å². The molecule has 0 aliphatic carbocycles. The molecule has 2 amide bonds. The second kappa shape index (κ2) is 14.6. The van der Waals surface area contributed by atoms with E-state index >= 15 is 0 Å². The van der Waals surface area contributed by atoms with Crippen LogP contribution in [-0.2, 0) is 32.6 Å². The quantitative estimate of drug-likeness (QED) is 0.198. The van der Waals surface area contributed by atoms with Crippen molar-refractivity contribution in [3.05, 3.63) is 130 Å². The van der Waals surface area contributed by atoms with Crippen LogP contribution in [0.3, 0.4) is 0 Å². The van der Waals surface area contributed by atoms with Gasteiger partial charge in [-0.3, -0.25) is 13.9 Å². The molecule has 0 aliphatic rings. The minimum absolute atomic E-state index is 0.0103. The highest BCUT2D eigenvalue weighted by Gasteiger charge is 2.34. The van der Waals surface area contributed by atoms with E-state index in [1.807, 2.05) is 67.6 Å². The summed E-state index contributed by atoms with van der Waals surface area (Å²) in [5.41, 5.74) is 2.70. The standard InChI is InChI=1S/C33H33Cl2N3O4S/c1-3-36-33(40)31(20-25-10-6-4-7-11-25)37(22-26-12-8-5-9-13-26)32(39)23-38(27-16-19-29(34)30(35)21-27)43(41,42)28-17-14-24(2)15-18-28/h4-19,21,31H,3,20,22-23H2,1-2H3,(H,36,40). The van der Waals surface area contributed by atoms with Gasteiger partial charge in [-0.05, 0) is 55.3 Å². The Labute approximate surface area is 263 Å². The van der Waals surface area contributed by atoms with Gasteiger partial charge in [-0.15, -0.1) is 0 Å². The molecule has 0 bridgehead atoms. The maximum atomic E-state index is 14.3. The third kappa shape index (κ3) is 8.16. The van der Waals surface area contributed by atoms with E-state index in [1.165, 1.54) is 35.2 Å². The smallest absolute Gasteiger partial charge is 0.264 e. The number of rotatable bonds is 12. The highest BCUT2D eigenvalue weighted by Crippen LogP contribution is 2.31. The molecule has 0 fully saturated rings. The van der Waals surface area contributed by atoms with Crippen molar-refractivity contribution in [2.45, 2.75) is 37.8 Å². The fourth-order valence-corrected chi connectivity index (χ4v) is 6.33. The van der Waals surface area contributed by atoms with E-state index in [4.69, 9.17) is 23.2 Å². The van der Waals surface area contributed by atoms with Crippen molar-refractivity contribution in [2.75, 3.05) is 17.4 Å². The first-order valence-electron chi connectivity index (χ1n) is 13.8. The van der Waals surface area contributed by atoms with Crippen LogP contribution >= 0.6 is 23.2 Å². The Bertz CT molecular complexity index is 1650. The summed E-state index contributed by atoms with van der Waals surface area (Å²) in [6.07, 6.45) is 0.239. The first-order chi connectivity index (χ1) is 20.6. The van der Waals surface area contributed by atoms with Crippen molar-refractivity contribution in [2.24, 2.45) is 0 Å². The lowest BCUT2D eigenvalue weighted by Crippen LogP contribution is -2.53. The van der Waals surface area contributed by atoms with Gasteiger partial charge in [0.15, 0.2) is 0 Å². The van der Waals surface area contributed by atoms with E-state index in [9.17, 15) is 18.0 Å². The summed E-state index contributed by atoms with van der Waals surface area (Å²) in [7, 11) is -4.23. The number of hydrogen-bond acceptors (Lipinski definition) is 4. The van der Waals surface area contributed by atoms with Crippen LogP contribution in [0.2, 0.25) is 10.0 Å². The zero-order valence-corrected chi connectivity index (χ0v) is 26.2. The number of anilines is 1. The van der Waals surface area contributed by atoms with Gasteiger partial charge >= 0.3 is 0 Å². The number of carbonyl (C=O) groups is 2. The number of nitrogens with one attached hydrogen (secondary N) is 1. The molecule has 0 saturated heterocycles. The van der Waals surface area contributed by atoms with Gasteiger partial charge in [-0.25, -0.2) is 8.42 Å². The summed E-state index contributed by atoms with van der Waals surface area (Å²) in [6.45, 7) is 3.54. The van der Waals surface area contributed by atoms with Gasteiger partial charge in [0, 0.05) is 19.5 Å². The van der Waals surface area contributed by atoms with Gasteiger partial charge in [0.05, 0.1) is 20.6 Å². The molecule has 7 nitrogen and oxygen atoms in total. The summed E-state index contributed by atoms with van der Waals surface area (Å²) in [5.74, 6) is -0.893. The Morgan fingerprint density at radius 1 is 0.814 bits per heavy atom. The molecule has 224 valence electrons. The predicted octanol–water partition coefficient (Wildman–Crippen LogP) is 6.27. The maximum Gasteiger partial charge on any atom is 0.264 e. The first kappa shape index (κ1) is 32.1. The Kier molecular flexibility index (Phi) is 10.9. The molecule has 43 heavy (non-hydrogen) atoms. The fraction of sp³-hybridized carbons (Fsp3) is 0.212. The number of hydrogen-bond donors (Lipinski definition) is 1. The molecule has 0 spiro atoms. The Morgan fingerprint density at radius 2 is 1.42 bits per heavy atom. The maximum absolute atomic E-state index is 14.3. The Balaban J connectivity index is 1.80. The van der Waals surface area contributed by atoms with Gasteiger partial charge in [0.25, 0.3) is 10.0 Å². The lowest BCUT2D eigenvalue weighted by molar-refractivity contribution is -0.140. The average Bonchev–Trinajstić information content (AvgIpc) is 3.00. The van der Waals surface area contributed by atoms with Crippen molar-refractivity contribution in [3.63, 3.8) is 0 Å². The molecule has 4 aromatic carbocycles. The lowest BCUT2D eigenvalue weighted by Gasteiger charge is -2.34. The first-order valence-corrected chi connectivity index (χ1v) is 16.0. The third-order valence-electron chi connectivity index (χ3n) is 6.90. The zero-order valence-electron chi connectivity index (χ0n) is 23.9. The van der Waals surface area contributed by atoms with E-state index in [0.29, 0.717) is 6.54 Å². The average molecular weight is 639 g/mol. The number of aryl methyl sites for hydroxylation is 1. The number of sulfonamides is 1. The largest absolute Gasteiger partial charge is 0.355 e. The highest BCUT2D eigenvalue weighted by molar-refractivity contribution is 7.92. The molecule has 0 radical (unpaired) electrons. The Morgan fingerprint density at radius 3 is 2.00 bits per heavy atom. The van der Waals surface area contributed by atoms with Crippen LogP contribution in [0.25, 0.3) is 0 Å². The van der Waals surface area contributed by atoms with Gasteiger partial charge in [0.1, 0.15) is 12.6 Å². The number of likely N-dealkylation sites (N-methyl/N-ethyl adjacent to an activating group) is 1. The van der Waals surface area contributed by atoms with E-state index < -0.39 is 28.5 Å². The summed E-state index contributed by atoms with van der Waals surface area (Å²) >= 11 is 12.4. The van der Waals surface area contributed by atoms with Crippen molar-refractivity contribution in [3.8, 4) is 0 Å². The van der Waals surface area contributed by atoms with Crippen LogP contribution < -0.4 is 9.62 Å². The molecule has 0 heterocycles. The summed E-state index contributed by atoms with van der Waals surface area (Å²) in [4.78, 5) is 29.3. The molecule has 10 heteroatoms. The van der Waals surface area contributed by atoms with E-state index in [2.05, 4.69) is 5.32 Å². The number of nitrogens with zero attached hydrogens (tertiary/aromatic N) is 2. The minimum atomic E-state index is -4.23. The van der Waals surface area contributed by atoms with Crippen LogP contribution in [0.4, 0.5) is 5.69 Å². The molecule has 0 saturated carbocycles. The van der Waals surface area contributed by atoms with Crippen LogP contribution in [0.15, 0.2) is 108 Å². The SMILES string of the molecule is CCNC(=O)C(Cc1ccccc1)N(Cc1ccccc1)C(=O)CN(c1ccc(Cl)c(Cl)c1)S(=O)(=O)c1ccc(C)cc1. The monoisotopic (exact) mass is 637 g/mol. The highest BCUT2D eigenvalue weighted by atomic mass is 35.5. The number of carbonyl (C=O) groups excluding carboxylic acids is 2. The molecule has 0 aliphatic heterocycles. The molecular weight excluding hydrogens is 605 g/mol. The second-order valence-electron chi connectivity index (χ2n) is 10.0. The number of amides is 2. The lowest BCUT2D eigenvalue weighted by atomic mass is 10.0. The van der Waals surface area contributed by atoms with E-state index in [0.717, 1.165) is 21.0 Å². The van der Waals surface area contributed by atoms with Crippen molar-refractivity contribution < 1.29 is 18.0 Å². The third-order valence-corrected chi connectivity index (χ3v) is 9.42. The van der Waals surface area contributed by atoms with Gasteiger partial charge in [-0.1, -0.05) is 102 Å². The fourth-order valence-electron chi connectivity index (χ4n) is 4.63. The minimum Gasteiger partial charge on any atom is -0.355 e. The predicted molar refractivity (Wildman–Crippen MR) is 172 cm³/mol. The van der Waals surface area contributed by atoms with E-state index in [1.54, 1.807) is 19.1 Å². The van der Waals surface area contributed by atoms with Crippen molar-refractivity contribution in [1.82, 2.24) is 10.2 Å². The molecular formula is C33H33Cl2N3O4S. The molecule has 4 aromatic rings. The topological polar surface area (TPSA) is 86.8 Å². The number of benzene rings is 4. The van der Waals surface area contributed by atoms with Crippen LogP contribution in [0.5, 0.6) is 0 Å². The molecule has 0 aromatic heterocycles. The second-order valence-corrected chi connectivity index (χ2v) is 12.7. The van der Waals surface area contributed by atoms with Gasteiger partial charge < -0.3 is 10.2 Å². The summed E-state index contributed by atoms with van der Waals surface area (Å²) in [6, 6.07) is 28.5. The Hall–Kier alpha value is -3.85. The normalized spacial score (nSPS) is 11.9. The van der Waals surface area contributed by atoms with Crippen LogP contribution in [0, 0.1) is 6.92 Å². The summed E-state index contributed by atoms with van der Waals surface area (Å²) in [5, 5.41) is 3.23. The van der Waals surface area contributed by atoms with Crippen LogP contribution in [-0.4, -0.2) is 44.3 Å². The molecule has 4 rings (SSSR count). The van der Waals surface area contributed by atoms with Gasteiger partial charge in [0.2, 0.25) is 11.8 Å². The van der Waals surface area contributed by atoms with Crippen molar-refractivity contribution >= 4 is 50.7 Å². The summed E-state index contributed by atoms with van der Waals surface area (Å²) < 4.78 is 29.1. The molecule has 1 unspecified atom stereocenters. The van der Waals surface area contributed by atoms with Crippen LogP contribution in [0.1, 0.15) is 23.6 Å².